The summed E-state index contributed by atoms with van der Waals surface area (Å²) in [5, 5.41) is 0. The number of nitrogens with zero attached hydrogens (tertiary/aromatic N) is 2. The summed E-state index contributed by atoms with van der Waals surface area (Å²) in [6.07, 6.45) is 6.53. The van der Waals surface area contributed by atoms with Crippen LogP contribution in [0.5, 0.6) is 0 Å². The lowest BCUT2D eigenvalue weighted by atomic mass is 10.0. The predicted octanol–water partition coefficient (Wildman–Crippen LogP) is 0.926. The Kier molecular flexibility index (Phi) is 2.85. The van der Waals surface area contributed by atoms with Crippen molar-refractivity contribution >= 4 is 11.6 Å². The minimum Gasteiger partial charge on any atom is -0.368 e. The van der Waals surface area contributed by atoms with Crippen molar-refractivity contribution in [2.45, 2.75) is 25.3 Å². The normalized spacial score (nSPS) is 21.3. The van der Waals surface area contributed by atoms with Gasteiger partial charge in [0.15, 0.2) is 0 Å². The molecule has 0 bridgehead atoms. The second-order valence-corrected chi connectivity index (χ2v) is 3.81. The maximum atomic E-state index is 11.3. The zero-order valence-corrected chi connectivity index (χ0v) is 8.60. The van der Waals surface area contributed by atoms with E-state index in [0.29, 0.717) is 0 Å². The Hall–Kier alpha value is -1.58. The Bertz CT molecular complexity index is 339. The third kappa shape index (κ3) is 2.09. The van der Waals surface area contributed by atoms with Crippen molar-refractivity contribution in [1.29, 1.82) is 0 Å². The van der Waals surface area contributed by atoms with Gasteiger partial charge in [0.25, 0.3) is 0 Å². The third-order valence-electron chi connectivity index (χ3n) is 2.83. The first-order valence-electron chi connectivity index (χ1n) is 5.25. The highest BCUT2D eigenvalue weighted by Gasteiger charge is 2.26. The van der Waals surface area contributed by atoms with Crippen LogP contribution in [0.4, 0.5) is 5.69 Å². The first-order valence-corrected chi connectivity index (χ1v) is 5.25. The fourth-order valence-electron chi connectivity index (χ4n) is 2.07. The fraction of sp³-hybridized carbons (Fsp3) is 0.455. The van der Waals surface area contributed by atoms with Gasteiger partial charge in [-0.2, -0.15) is 0 Å². The van der Waals surface area contributed by atoms with Crippen molar-refractivity contribution < 1.29 is 4.79 Å². The van der Waals surface area contributed by atoms with E-state index in [2.05, 4.69) is 9.88 Å². The van der Waals surface area contributed by atoms with Crippen LogP contribution in [0.2, 0.25) is 0 Å². The van der Waals surface area contributed by atoms with Gasteiger partial charge in [-0.25, -0.2) is 0 Å². The largest absolute Gasteiger partial charge is 0.368 e. The highest BCUT2D eigenvalue weighted by Crippen LogP contribution is 2.23. The van der Waals surface area contributed by atoms with Crippen LogP contribution in [0, 0.1) is 0 Å². The number of hydrogen-bond acceptors (Lipinski definition) is 3. The summed E-state index contributed by atoms with van der Waals surface area (Å²) in [6.45, 7) is 0.900. The van der Waals surface area contributed by atoms with E-state index in [1.165, 1.54) is 0 Å². The molecule has 1 amide bonds. The molecule has 80 valence electrons. The number of carbonyl (C=O) groups is 1. The fourth-order valence-corrected chi connectivity index (χ4v) is 2.07. The lowest BCUT2D eigenvalue weighted by Crippen LogP contribution is -2.47. The predicted molar refractivity (Wildman–Crippen MR) is 58.4 cm³/mol. The molecule has 15 heavy (non-hydrogen) atoms. The van der Waals surface area contributed by atoms with Gasteiger partial charge < -0.3 is 10.6 Å². The molecule has 0 spiro atoms. The Labute approximate surface area is 89.1 Å². The van der Waals surface area contributed by atoms with E-state index < -0.39 is 0 Å². The quantitative estimate of drug-likeness (QED) is 0.781. The van der Waals surface area contributed by atoms with E-state index in [-0.39, 0.29) is 11.9 Å². The molecule has 0 saturated carbocycles. The first-order chi connectivity index (χ1) is 7.29. The summed E-state index contributed by atoms with van der Waals surface area (Å²) in [6, 6.07) is 3.68. The summed E-state index contributed by atoms with van der Waals surface area (Å²) in [5.74, 6) is -0.230. The number of pyridine rings is 1. The Balaban J connectivity index is 2.22. The summed E-state index contributed by atoms with van der Waals surface area (Å²) in [7, 11) is 0. The zero-order valence-electron chi connectivity index (χ0n) is 8.60. The van der Waals surface area contributed by atoms with Crippen molar-refractivity contribution in [3.05, 3.63) is 24.5 Å². The molecule has 1 atom stereocenters. The molecular formula is C11H15N3O. The molecule has 1 unspecified atom stereocenters. The van der Waals surface area contributed by atoms with Gasteiger partial charge in [-0.3, -0.25) is 9.78 Å². The minimum atomic E-state index is -0.230. The average Bonchev–Trinajstić information content (AvgIpc) is 2.30. The van der Waals surface area contributed by atoms with Crippen LogP contribution in [-0.4, -0.2) is 23.5 Å². The standard InChI is InChI=1S/C11H15N3O/c12-11(15)10-3-1-2-8-14(10)9-4-6-13-7-5-9/h4-7,10H,1-3,8H2,(H2,12,15). The Morgan fingerprint density at radius 1 is 1.40 bits per heavy atom. The number of primary amides is 1. The molecule has 1 aliphatic rings. The molecule has 1 aromatic heterocycles. The lowest BCUT2D eigenvalue weighted by Gasteiger charge is -2.35. The van der Waals surface area contributed by atoms with E-state index >= 15 is 0 Å². The van der Waals surface area contributed by atoms with E-state index in [1.807, 2.05) is 12.1 Å². The molecule has 1 aliphatic heterocycles. The van der Waals surface area contributed by atoms with Gasteiger partial charge in [-0.1, -0.05) is 0 Å². The van der Waals surface area contributed by atoms with Crippen molar-refractivity contribution in [2.24, 2.45) is 5.73 Å². The average molecular weight is 205 g/mol. The monoisotopic (exact) mass is 205 g/mol. The summed E-state index contributed by atoms with van der Waals surface area (Å²) in [4.78, 5) is 17.3. The molecule has 1 fully saturated rings. The second-order valence-electron chi connectivity index (χ2n) is 3.81. The van der Waals surface area contributed by atoms with E-state index in [4.69, 9.17) is 5.73 Å². The van der Waals surface area contributed by atoms with Crippen molar-refractivity contribution in [3.8, 4) is 0 Å². The van der Waals surface area contributed by atoms with Crippen molar-refractivity contribution in [3.63, 3.8) is 0 Å². The van der Waals surface area contributed by atoms with E-state index in [9.17, 15) is 4.79 Å². The maximum Gasteiger partial charge on any atom is 0.240 e. The number of aromatic nitrogens is 1. The van der Waals surface area contributed by atoms with Crippen LogP contribution in [0.15, 0.2) is 24.5 Å². The van der Waals surface area contributed by atoms with E-state index in [1.54, 1.807) is 12.4 Å². The van der Waals surface area contributed by atoms with Crippen LogP contribution < -0.4 is 10.6 Å². The van der Waals surface area contributed by atoms with Gasteiger partial charge in [0.05, 0.1) is 0 Å². The highest BCUT2D eigenvalue weighted by molar-refractivity contribution is 5.83. The minimum absolute atomic E-state index is 0.152. The molecule has 4 nitrogen and oxygen atoms in total. The van der Waals surface area contributed by atoms with Gasteiger partial charge in [0, 0.05) is 24.6 Å². The van der Waals surface area contributed by atoms with Gasteiger partial charge in [0.2, 0.25) is 5.91 Å². The second kappa shape index (κ2) is 4.29. The smallest absolute Gasteiger partial charge is 0.240 e. The summed E-state index contributed by atoms with van der Waals surface area (Å²) in [5.41, 5.74) is 6.43. The molecule has 2 rings (SSSR count). The number of piperidine rings is 1. The molecule has 2 N–H and O–H groups in total. The maximum absolute atomic E-state index is 11.3. The molecule has 0 aliphatic carbocycles. The number of rotatable bonds is 2. The number of hydrogen-bond donors (Lipinski definition) is 1. The topological polar surface area (TPSA) is 59.2 Å². The summed E-state index contributed by atoms with van der Waals surface area (Å²) < 4.78 is 0. The van der Waals surface area contributed by atoms with Gasteiger partial charge in [-0.05, 0) is 31.4 Å². The van der Waals surface area contributed by atoms with Gasteiger partial charge >= 0.3 is 0 Å². The lowest BCUT2D eigenvalue weighted by molar-refractivity contribution is -0.119. The van der Waals surface area contributed by atoms with E-state index in [0.717, 1.165) is 31.5 Å². The van der Waals surface area contributed by atoms with Crippen LogP contribution in [0.1, 0.15) is 19.3 Å². The Morgan fingerprint density at radius 3 is 2.80 bits per heavy atom. The van der Waals surface area contributed by atoms with Crippen molar-refractivity contribution in [1.82, 2.24) is 4.98 Å². The molecular weight excluding hydrogens is 190 g/mol. The first kappa shape index (κ1) is 9.96. The van der Waals surface area contributed by atoms with Gasteiger partial charge in [-0.15, -0.1) is 0 Å². The number of carbonyl (C=O) groups excluding carboxylic acids is 1. The third-order valence-corrected chi connectivity index (χ3v) is 2.83. The summed E-state index contributed by atoms with van der Waals surface area (Å²) >= 11 is 0. The zero-order chi connectivity index (χ0) is 10.7. The Morgan fingerprint density at radius 2 is 2.13 bits per heavy atom. The number of anilines is 1. The van der Waals surface area contributed by atoms with Crippen LogP contribution in [0.3, 0.4) is 0 Å². The molecule has 4 heteroatoms. The molecule has 0 radical (unpaired) electrons. The highest BCUT2D eigenvalue weighted by atomic mass is 16.1. The number of amides is 1. The van der Waals surface area contributed by atoms with Crippen LogP contribution in [-0.2, 0) is 4.79 Å². The molecule has 2 heterocycles. The van der Waals surface area contributed by atoms with Crippen LogP contribution in [0.25, 0.3) is 0 Å². The molecule has 1 aromatic rings. The number of nitrogens with two attached hydrogens (primary N) is 1. The SMILES string of the molecule is NC(=O)C1CCCCN1c1ccncc1. The van der Waals surface area contributed by atoms with Crippen LogP contribution >= 0.6 is 0 Å². The van der Waals surface area contributed by atoms with Crippen molar-refractivity contribution in [2.75, 3.05) is 11.4 Å². The molecule has 0 aromatic carbocycles. The molecule has 1 saturated heterocycles. The van der Waals surface area contributed by atoms with Gasteiger partial charge in [0.1, 0.15) is 6.04 Å².